The lowest BCUT2D eigenvalue weighted by atomic mass is 10.1. The van der Waals surface area contributed by atoms with E-state index < -0.39 is 5.95 Å². The summed E-state index contributed by atoms with van der Waals surface area (Å²) < 4.78 is 0.674. The Morgan fingerprint density at radius 1 is 1.00 bits per heavy atom. The van der Waals surface area contributed by atoms with Gasteiger partial charge in [-0.1, -0.05) is 39.0 Å². The van der Waals surface area contributed by atoms with Gasteiger partial charge >= 0.3 is 0 Å². The topological polar surface area (TPSA) is 40.5 Å². The maximum absolute atomic E-state index is 8.69. The summed E-state index contributed by atoms with van der Waals surface area (Å²) in [6, 6.07) is 0. The van der Waals surface area contributed by atoms with Gasteiger partial charge in [-0.2, -0.15) is 0 Å². The molecule has 0 aromatic carbocycles. The summed E-state index contributed by atoms with van der Waals surface area (Å²) in [5.74, 6) is -0.505. The summed E-state index contributed by atoms with van der Waals surface area (Å²) in [5, 5.41) is 17.4. The van der Waals surface area contributed by atoms with Gasteiger partial charge in [0.1, 0.15) is 0 Å². The largest absolute Gasteiger partial charge is 0.481 e. The van der Waals surface area contributed by atoms with Gasteiger partial charge in [-0.15, -0.1) is 0 Å². The Balaban J connectivity index is 3.22. The van der Waals surface area contributed by atoms with Crippen LogP contribution >= 0.6 is 22.6 Å². The van der Waals surface area contributed by atoms with Gasteiger partial charge in [0, 0.05) is 0 Å². The Bertz CT molecular complexity index is 151. The zero-order chi connectivity index (χ0) is 10.1. The number of hydrogen-bond donors (Lipinski definition) is 2. The maximum Gasteiger partial charge on any atom is 0.283 e. The lowest BCUT2D eigenvalue weighted by molar-refractivity contribution is 0.188. The molecule has 0 spiro atoms. The number of hydrogen-bond acceptors (Lipinski definition) is 2. The summed E-state index contributed by atoms with van der Waals surface area (Å²) in [4.78, 5) is 0. The minimum Gasteiger partial charge on any atom is -0.481 e. The molecular weight excluding hydrogens is 279 g/mol. The molecular formula is C10H19IO2. The average Bonchev–Trinajstić information content (AvgIpc) is 2.10. The van der Waals surface area contributed by atoms with Crippen molar-refractivity contribution in [1.29, 1.82) is 0 Å². The van der Waals surface area contributed by atoms with E-state index in [4.69, 9.17) is 10.2 Å². The molecule has 0 aromatic rings. The van der Waals surface area contributed by atoms with Crippen molar-refractivity contribution in [2.45, 2.75) is 51.9 Å². The summed E-state index contributed by atoms with van der Waals surface area (Å²) in [5.41, 5.74) is 0. The smallest absolute Gasteiger partial charge is 0.283 e. The summed E-state index contributed by atoms with van der Waals surface area (Å²) >= 11 is 1.98. The first-order valence-electron chi connectivity index (χ1n) is 4.95. The lowest BCUT2D eigenvalue weighted by Gasteiger charge is -2.00. The molecule has 0 amide bonds. The van der Waals surface area contributed by atoms with E-state index in [-0.39, 0.29) is 0 Å². The van der Waals surface area contributed by atoms with E-state index in [2.05, 4.69) is 6.92 Å². The van der Waals surface area contributed by atoms with Crippen LogP contribution in [-0.4, -0.2) is 10.2 Å². The van der Waals surface area contributed by atoms with E-state index >= 15 is 0 Å². The molecule has 0 bridgehead atoms. The van der Waals surface area contributed by atoms with E-state index in [1.54, 1.807) is 0 Å². The van der Waals surface area contributed by atoms with Gasteiger partial charge in [-0.05, 0) is 35.4 Å². The second-order valence-electron chi connectivity index (χ2n) is 3.25. The predicted molar refractivity (Wildman–Crippen MR) is 64.3 cm³/mol. The van der Waals surface area contributed by atoms with Gasteiger partial charge in [0.05, 0.1) is 3.58 Å². The molecule has 2 N–H and O–H groups in total. The molecule has 0 aliphatic heterocycles. The zero-order valence-electron chi connectivity index (χ0n) is 8.22. The van der Waals surface area contributed by atoms with E-state index in [0.29, 0.717) is 3.58 Å². The molecule has 2 nitrogen and oxygen atoms in total. The number of rotatable bonds is 7. The van der Waals surface area contributed by atoms with Crippen molar-refractivity contribution in [3.05, 3.63) is 9.53 Å². The van der Waals surface area contributed by atoms with Gasteiger partial charge in [-0.25, -0.2) is 0 Å². The summed E-state index contributed by atoms with van der Waals surface area (Å²) in [6.07, 6.45) is 8.22. The molecule has 0 saturated carbocycles. The molecule has 3 heteroatoms. The first-order chi connectivity index (χ1) is 6.18. The highest BCUT2D eigenvalue weighted by Crippen LogP contribution is 2.18. The van der Waals surface area contributed by atoms with Crippen LogP contribution in [-0.2, 0) is 0 Å². The first-order valence-corrected chi connectivity index (χ1v) is 6.03. The number of halogens is 1. The van der Waals surface area contributed by atoms with Gasteiger partial charge in [0.2, 0.25) is 0 Å². The monoisotopic (exact) mass is 298 g/mol. The molecule has 0 aliphatic rings. The van der Waals surface area contributed by atoms with E-state index in [1.807, 2.05) is 22.6 Å². The van der Waals surface area contributed by atoms with Crippen LogP contribution in [0.4, 0.5) is 0 Å². The van der Waals surface area contributed by atoms with Crippen molar-refractivity contribution in [2.75, 3.05) is 0 Å². The van der Waals surface area contributed by atoms with Crippen LogP contribution in [0.25, 0.3) is 0 Å². The Morgan fingerprint density at radius 3 is 2.08 bits per heavy atom. The van der Waals surface area contributed by atoms with Crippen LogP contribution in [0.2, 0.25) is 0 Å². The quantitative estimate of drug-likeness (QED) is 0.414. The predicted octanol–water partition coefficient (Wildman–Crippen LogP) is 4.46. The number of unbranched alkanes of at least 4 members (excludes halogenated alkanes) is 5. The summed E-state index contributed by atoms with van der Waals surface area (Å²) in [6.45, 7) is 2.20. The van der Waals surface area contributed by atoms with Crippen LogP contribution in [0, 0.1) is 0 Å². The normalized spacial score (nSPS) is 10.0. The van der Waals surface area contributed by atoms with Crippen molar-refractivity contribution in [2.24, 2.45) is 0 Å². The molecule has 0 aromatic heterocycles. The second kappa shape index (κ2) is 8.66. The third kappa shape index (κ3) is 8.40. The van der Waals surface area contributed by atoms with E-state index in [9.17, 15) is 0 Å². The van der Waals surface area contributed by atoms with Crippen molar-refractivity contribution in [3.8, 4) is 0 Å². The van der Waals surface area contributed by atoms with Crippen LogP contribution < -0.4 is 0 Å². The second-order valence-corrected chi connectivity index (χ2v) is 4.55. The molecule has 0 aliphatic carbocycles. The van der Waals surface area contributed by atoms with E-state index in [0.717, 1.165) is 12.8 Å². The molecule has 0 radical (unpaired) electrons. The molecule has 0 fully saturated rings. The molecule has 0 heterocycles. The fourth-order valence-electron chi connectivity index (χ4n) is 1.17. The highest BCUT2D eigenvalue weighted by atomic mass is 127. The number of allylic oxidation sites excluding steroid dienone is 1. The van der Waals surface area contributed by atoms with Crippen molar-refractivity contribution in [3.63, 3.8) is 0 Å². The van der Waals surface area contributed by atoms with Gasteiger partial charge in [0.25, 0.3) is 5.95 Å². The minimum atomic E-state index is -0.505. The molecule has 78 valence electrons. The summed E-state index contributed by atoms with van der Waals surface area (Å²) in [7, 11) is 0. The van der Waals surface area contributed by atoms with Gasteiger partial charge < -0.3 is 10.2 Å². The Kier molecular flexibility index (Phi) is 8.71. The number of aliphatic hydroxyl groups excluding tert-OH is 1. The van der Waals surface area contributed by atoms with Crippen molar-refractivity contribution >= 4 is 22.6 Å². The molecule has 0 saturated heterocycles. The van der Waals surface area contributed by atoms with Crippen molar-refractivity contribution < 1.29 is 10.2 Å². The molecule has 0 rings (SSSR count). The SMILES string of the molecule is CCCCCCCCC(I)=C(O)O. The van der Waals surface area contributed by atoms with Gasteiger partial charge in [0.15, 0.2) is 0 Å². The highest BCUT2D eigenvalue weighted by Gasteiger charge is 1.99. The standard InChI is InChI=1S/C10H19IO2/c1-2-3-4-5-6-7-8-9(11)10(12)13/h12-13H,2-8H2,1H3. The highest BCUT2D eigenvalue weighted by molar-refractivity contribution is 14.1. The van der Waals surface area contributed by atoms with Crippen LogP contribution in [0.1, 0.15) is 51.9 Å². The maximum atomic E-state index is 8.69. The first kappa shape index (κ1) is 13.1. The third-order valence-electron chi connectivity index (χ3n) is 1.99. The number of aliphatic hydroxyl groups is 2. The average molecular weight is 298 g/mol. The molecule has 0 unspecified atom stereocenters. The third-order valence-corrected chi connectivity index (χ3v) is 3.01. The van der Waals surface area contributed by atoms with Crippen LogP contribution in [0.3, 0.4) is 0 Å². The van der Waals surface area contributed by atoms with Gasteiger partial charge in [-0.3, -0.25) is 0 Å². The van der Waals surface area contributed by atoms with Crippen LogP contribution in [0.15, 0.2) is 9.53 Å². The Hall–Kier alpha value is 0.0700. The fourth-order valence-corrected chi connectivity index (χ4v) is 1.55. The Labute approximate surface area is 94.2 Å². The van der Waals surface area contributed by atoms with Crippen LogP contribution in [0.5, 0.6) is 0 Å². The lowest BCUT2D eigenvalue weighted by Crippen LogP contribution is -1.84. The minimum absolute atomic E-state index is 0.505. The van der Waals surface area contributed by atoms with Crippen molar-refractivity contribution in [1.82, 2.24) is 0 Å². The molecule has 0 atom stereocenters. The van der Waals surface area contributed by atoms with E-state index in [1.165, 1.54) is 32.1 Å². The zero-order valence-corrected chi connectivity index (χ0v) is 10.4. The molecule has 13 heavy (non-hydrogen) atoms. The Morgan fingerprint density at radius 2 is 1.54 bits per heavy atom. The fraction of sp³-hybridized carbons (Fsp3) is 0.800.